The van der Waals surface area contributed by atoms with E-state index >= 15 is 0 Å². The Balaban J connectivity index is 1.82. The number of alkyl halides is 3. The van der Waals surface area contributed by atoms with E-state index in [9.17, 15) is 22.8 Å². The van der Waals surface area contributed by atoms with Crippen molar-refractivity contribution in [3.8, 4) is 5.75 Å². The summed E-state index contributed by atoms with van der Waals surface area (Å²) in [5.41, 5.74) is -1.18. The van der Waals surface area contributed by atoms with Gasteiger partial charge in [-0.3, -0.25) is 10.1 Å². The number of carbonyl (C=O) groups is 2. The van der Waals surface area contributed by atoms with Crippen molar-refractivity contribution >= 4 is 23.4 Å². The van der Waals surface area contributed by atoms with Gasteiger partial charge in [0, 0.05) is 6.42 Å². The standard InChI is InChI=1S/C21H21F3N2O4/c1-20(2,3)30-19(28)26-14-9-8-13(21(22,23)24)11-15(14)25-18(27)17-10-12-6-4-5-7-16(12)29-17/h4-9,11,17H,10H2,1-3H3,(H,25,27)(H,26,28). The van der Waals surface area contributed by atoms with Gasteiger partial charge in [0.15, 0.2) is 6.10 Å². The number of fused-ring (bicyclic) bond motifs is 1. The zero-order valence-electron chi connectivity index (χ0n) is 16.6. The molecule has 0 aromatic heterocycles. The average molecular weight is 422 g/mol. The molecule has 2 N–H and O–H groups in total. The molecule has 3 rings (SSSR count). The maximum Gasteiger partial charge on any atom is 0.416 e. The second-order valence-corrected chi connectivity index (χ2v) is 7.79. The van der Waals surface area contributed by atoms with Crippen LogP contribution < -0.4 is 15.4 Å². The lowest BCUT2D eigenvalue weighted by molar-refractivity contribution is -0.137. The number of amides is 2. The summed E-state index contributed by atoms with van der Waals surface area (Å²) in [6, 6.07) is 9.71. The number of hydrogen-bond acceptors (Lipinski definition) is 4. The Hall–Kier alpha value is -3.23. The molecule has 2 aromatic carbocycles. The van der Waals surface area contributed by atoms with Crippen LogP contribution in [0.1, 0.15) is 31.9 Å². The summed E-state index contributed by atoms with van der Waals surface area (Å²) in [5.74, 6) is -0.0773. The summed E-state index contributed by atoms with van der Waals surface area (Å²) < 4.78 is 50.2. The van der Waals surface area contributed by atoms with Crippen LogP contribution >= 0.6 is 0 Å². The highest BCUT2D eigenvalue weighted by Crippen LogP contribution is 2.35. The van der Waals surface area contributed by atoms with Crippen molar-refractivity contribution in [1.82, 2.24) is 0 Å². The molecule has 0 radical (unpaired) electrons. The quantitative estimate of drug-likeness (QED) is 0.730. The van der Waals surface area contributed by atoms with Crippen molar-refractivity contribution in [1.29, 1.82) is 0 Å². The van der Waals surface area contributed by atoms with Crippen LogP contribution in [0.3, 0.4) is 0 Å². The third-order valence-corrected chi connectivity index (χ3v) is 4.18. The third kappa shape index (κ3) is 5.22. The lowest BCUT2D eigenvalue weighted by Gasteiger charge is -2.21. The van der Waals surface area contributed by atoms with Crippen molar-refractivity contribution in [3.05, 3.63) is 53.6 Å². The van der Waals surface area contributed by atoms with Crippen molar-refractivity contribution < 1.29 is 32.2 Å². The van der Waals surface area contributed by atoms with Gasteiger partial charge in [0.25, 0.3) is 5.91 Å². The number of benzene rings is 2. The fourth-order valence-corrected chi connectivity index (χ4v) is 2.89. The Kier molecular flexibility index (Phi) is 5.65. The molecule has 0 saturated carbocycles. The van der Waals surface area contributed by atoms with E-state index in [-0.39, 0.29) is 17.8 Å². The van der Waals surface area contributed by atoms with E-state index in [4.69, 9.17) is 9.47 Å². The molecule has 1 unspecified atom stereocenters. The molecule has 0 fully saturated rings. The number of para-hydroxylation sites is 1. The molecule has 1 atom stereocenters. The van der Waals surface area contributed by atoms with Crippen LogP contribution in [0, 0.1) is 0 Å². The molecule has 160 valence electrons. The molecule has 30 heavy (non-hydrogen) atoms. The SMILES string of the molecule is CC(C)(C)OC(=O)Nc1ccc(C(F)(F)F)cc1NC(=O)C1Cc2ccccc2O1. The van der Waals surface area contributed by atoms with Crippen molar-refractivity contribution in [2.24, 2.45) is 0 Å². The predicted octanol–water partition coefficient (Wildman–Crippen LogP) is 4.99. The summed E-state index contributed by atoms with van der Waals surface area (Å²) in [6.07, 6.45) is -6.09. The summed E-state index contributed by atoms with van der Waals surface area (Å²) in [5, 5.41) is 4.81. The van der Waals surface area contributed by atoms with E-state index in [1.807, 2.05) is 6.07 Å². The minimum Gasteiger partial charge on any atom is -0.480 e. The van der Waals surface area contributed by atoms with E-state index in [2.05, 4.69) is 10.6 Å². The first-order chi connectivity index (χ1) is 13.9. The van der Waals surface area contributed by atoms with Crippen molar-refractivity contribution in [2.45, 2.75) is 45.1 Å². The van der Waals surface area contributed by atoms with Crippen LogP contribution in [0.2, 0.25) is 0 Å². The summed E-state index contributed by atoms with van der Waals surface area (Å²) in [6.45, 7) is 4.95. The number of nitrogens with one attached hydrogen (secondary N) is 2. The zero-order chi connectivity index (χ0) is 22.1. The number of halogens is 3. The first-order valence-electron chi connectivity index (χ1n) is 9.19. The van der Waals surface area contributed by atoms with E-state index in [1.54, 1.807) is 39.0 Å². The van der Waals surface area contributed by atoms with Gasteiger partial charge < -0.3 is 14.8 Å². The average Bonchev–Trinajstić information content (AvgIpc) is 3.05. The molecule has 1 aliphatic rings. The monoisotopic (exact) mass is 422 g/mol. The number of rotatable bonds is 3. The molecular formula is C21H21F3N2O4. The molecule has 0 bridgehead atoms. The Labute approximate surface area is 171 Å². The van der Waals surface area contributed by atoms with Crippen LogP contribution in [0.25, 0.3) is 0 Å². The molecule has 2 amide bonds. The third-order valence-electron chi connectivity index (χ3n) is 4.18. The summed E-state index contributed by atoms with van der Waals surface area (Å²) >= 11 is 0. The Bertz CT molecular complexity index is 942. The first kappa shape index (κ1) is 21.5. The molecule has 0 spiro atoms. The highest BCUT2D eigenvalue weighted by molar-refractivity contribution is 6.00. The van der Waals surface area contributed by atoms with Crippen molar-refractivity contribution in [3.63, 3.8) is 0 Å². The fraction of sp³-hybridized carbons (Fsp3) is 0.333. The molecule has 2 aromatic rings. The fourth-order valence-electron chi connectivity index (χ4n) is 2.89. The smallest absolute Gasteiger partial charge is 0.416 e. The second kappa shape index (κ2) is 7.89. The molecule has 0 aliphatic carbocycles. The predicted molar refractivity (Wildman–Crippen MR) is 104 cm³/mol. The maximum atomic E-state index is 13.2. The summed E-state index contributed by atoms with van der Waals surface area (Å²) in [4.78, 5) is 24.7. The topological polar surface area (TPSA) is 76.7 Å². The minimum atomic E-state index is -4.62. The van der Waals surface area contributed by atoms with E-state index < -0.39 is 35.4 Å². The lowest BCUT2D eigenvalue weighted by Crippen LogP contribution is -2.32. The van der Waals surface area contributed by atoms with Crippen LogP contribution in [0.4, 0.5) is 29.3 Å². The molecule has 9 heteroatoms. The van der Waals surface area contributed by atoms with E-state index in [0.717, 1.165) is 23.8 Å². The highest BCUT2D eigenvalue weighted by Gasteiger charge is 2.33. The van der Waals surface area contributed by atoms with Crippen LogP contribution in [0.5, 0.6) is 5.75 Å². The van der Waals surface area contributed by atoms with Crippen LogP contribution in [-0.4, -0.2) is 23.7 Å². The molecular weight excluding hydrogens is 401 g/mol. The Morgan fingerprint density at radius 1 is 1.03 bits per heavy atom. The lowest BCUT2D eigenvalue weighted by atomic mass is 10.1. The van der Waals surface area contributed by atoms with Crippen molar-refractivity contribution in [2.75, 3.05) is 10.6 Å². The van der Waals surface area contributed by atoms with Gasteiger partial charge in [0.1, 0.15) is 11.4 Å². The first-order valence-corrected chi connectivity index (χ1v) is 9.19. The maximum absolute atomic E-state index is 13.2. The van der Waals surface area contributed by atoms with Gasteiger partial charge >= 0.3 is 12.3 Å². The highest BCUT2D eigenvalue weighted by atomic mass is 19.4. The number of anilines is 2. The summed E-state index contributed by atoms with van der Waals surface area (Å²) in [7, 11) is 0. The molecule has 0 saturated heterocycles. The van der Waals surface area contributed by atoms with Gasteiger partial charge in [0.05, 0.1) is 16.9 Å². The largest absolute Gasteiger partial charge is 0.480 e. The molecule has 1 aliphatic heterocycles. The minimum absolute atomic E-state index is 0.0267. The zero-order valence-corrected chi connectivity index (χ0v) is 16.6. The van der Waals surface area contributed by atoms with Gasteiger partial charge in [0.2, 0.25) is 0 Å². The number of carbonyl (C=O) groups excluding carboxylic acids is 2. The van der Waals surface area contributed by atoms with E-state index in [1.165, 1.54) is 0 Å². The molecule has 1 heterocycles. The normalized spacial score (nSPS) is 15.7. The van der Waals surface area contributed by atoms with Gasteiger partial charge in [-0.1, -0.05) is 18.2 Å². The van der Waals surface area contributed by atoms with Crippen LogP contribution in [0.15, 0.2) is 42.5 Å². The van der Waals surface area contributed by atoms with Gasteiger partial charge in [-0.05, 0) is 50.6 Å². The Morgan fingerprint density at radius 2 is 1.73 bits per heavy atom. The van der Waals surface area contributed by atoms with Crippen LogP contribution in [-0.2, 0) is 22.1 Å². The Morgan fingerprint density at radius 3 is 2.37 bits per heavy atom. The molecule has 6 nitrogen and oxygen atoms in total. The van der Waals surface area contributed by atoms with E-state index in [0.29, 0.717) is 5.75 Å². The van der Waals surface area contributed by atoms with Gasteiger partial charge in [-0.15, -0.1) is 0 Å². The van der Waals surface area contributed by atoms with Gasteiger partial charge in [-0.25, -0.2) is 4.79 Å². The number of ether oxygens (including phenoxy) is 2. The van der Waals surface area contributed by atoms with Gasteiger partial charge in [-0.2, -0.15) is 13.2 Å². The number of hydrogen-bond donors (Lipinski definition) is 2. The second-order valence-electron chi connectivity index (χ2n) is 7.79.